The highest BCUT2D eigenvalue weighted by Gasteiger charge is 2.32. The molecule has 0 radical (unpaired) electrons. The molecule has 3 heterocycles. The van der Waals surface area contributed by atoms with E-state index in [-0.39, 0.29) is 17.2 Å². The van der Waals surface area contributed by atoms with Gasteiger partial charge in [0.1, 0.15) is 5.69 Å². The molecule has 196 valence electrons. The predicted molar refractivity (Wildman–Crippen MR) is 131 cm³/mol. The number of nitrogens with zero attached hydrogens (tertiary/aromatic N) is 4. The normalized spacial score (nSPS) is 17.1. The van der Waals surface area contributed by atoms with E-state index in [4.69, 9.17) is 9.47 Å². The van der Waals surface area contributed by atoms with Gasteiger partial charge in [-0.3, -0.25) is 4.90 Å². The monoisotopic (exact) mass is 517 g/mol. The van der Waals surface area contributed by atoms with Crippen LogP contribution in [0.4, 0.5) is 34.9 Å². The molecule has 7 nitrogen and oxygen atoms in total. The van der Waals surface area contributed by atoms with Crippen LogP contribution in [0.15, 0.2) is 48.7 Å². The van der Waals surface area contributed by atoms with Crippen LogP contribution >= 0.6 is 0 Å². The summed E-state index contributed by atoms with van der Waals surface area (Å²) in [6.45, 7) is 5.74. The van der Waals surface area contributed by atoms with Crippen molar-refractivity contribution in [2.24, 2.45) is 0 Å². The summed E-state index contributed by atoms with van der Waals surface area (Å²) in [6, 6.07) is 11.2. The molecule has 11 heteroatoms. The van der Waals surface area contributed by atoms with Gasteiger partial charge in [0.25, 0.3) is 0 Å². The van der Waals surface area contributed by atoms with Gasteiger partial charge >= 0.3 is 6.18 Å². The fraction of sp³-hybridized carbons (Fsp3) is 0.385. The number of hydrogen-bond acceptors (Lipinski definition) is 7. The summed E-state index contributed by atoms with van der Waals surface area (Å²) in [6.07, 6.45) is -3.63. The maximum atomic E-state index is 14.8. The molecule has 0 atom stereocenters. The summed E-state index contributed by atoms with van der Waals surface area (Å²) < 4.78 is 66.5. The molecule has 0 aliphatic carbocycles. The van der Waals surface area contributed by atoms with Gasteiger partial charge in [0.15, 0.2) is 5.82 Å². The molecular weight excluding hydrogens is 490 g/mol. The minimum absolute atomic E-state index is 0.0279. The van der Waals surface area contributed by atoms with Crippen molar-refractivity contribution < 1.29 is 27.0 Å². The van der Waals surface area contributed by atoms with Crippen molar-refractivity contribution in [2.75, 3.05) is 62.8 Å². The molecular formula is C26H27F4N5O2. The molecule has 5 rings (SSSR count). The minimum atomic E-state index is -4.59. The van der Waals surface area contributed by atoms with Crippen molar-refractivity contribution in [3.63, 3.8) is 0 Å². The molecule has 0 amide bonds. The van der Waals surface area contributed by atoms with Crippen molar-refractivity contribution in [2.45, 2.75) is 12.7 Å². The van der Waals surface area contributed by atoms with Crippen LogP contribution in [-0.4, -0.2) is 67.5 Å². The first-order valence-electron chi connectivity index (χ1n) is 12.1. The fourth-order valence-electron chi connectivity index (χ4n) is 4.39. The third-order valence-corrected chi connectivity index (χ3v) is 6.36. The highest BCUT2D eigenvalue weighted by atomic mass is 19.4. The molecule has 0 bridgehead atoms. The van der Waals surface area contributed by atoms with Crippen LogP contribution in [-0.2, 0) is 22.2 Å². The number of nitrogens with one attached hydrogen (secondary N) is 1. The maximum absolute atomic E-state index is 14.8. The Morgan fingerprint density at radius 3 is 2.24 bits per heavy atom. The van der Waals surface area contributed by atoms with Crippen LogP contribution in [0.2, 0.25) is 0 Å². The van der Waals surface area contributed by atoms with Crippen molar-refractivity contribution in [3.8, 4) is 11.3 Å². The number of anilines is 3. The number of rotatable bonds is 6. The molecule has 1 aromatic heterocycles. The van der Waals surface area contributed by atoms with Crippen molar-refractivity contribution in [1.29, 1.82) is 0 Å². The first kappa shape index (κ1) is 25.4. The Hall–Kier alpha value is -3.28. The summed E-state index contributed by atoms with van der Waals surface area (Å²) in [5, 5.41) is 3.02. The number of ether oxygens (including phenoxy) is 2. The highest BCUT2D eigenvalue weighted by Crippen LogP contribution is 2.36. The van der Waals surface area contributed by atoms with E-state index in [1.807, 2.05) is 24.3 Å². The van der Waals surface area contributed by atoms with Crippen LogP contribution in [0.1, 0.15) is 11.1 Å². The molecule has 0 spiro atoms. The Morgan fingerprint density at radius 1 is 0.892 bits per heavy atom. The Bertz CT molecular complexity index is 1210. The zero-order valence-corrected chi connectivity index (χ0v) is 20.1. The Labute approximate surface area is 212 Å². The van der Waals surface area contributed by atoms with Gasteiger partial charge in [0, 0.05) is 49.7 Å². The van der Waals surface area contributed by atoms with E-state index in [1.54, 1.807) is 4.90 Å². The number of alkyl halides is 3. The third-order valence-electron chi connectivity index (χ3n) is 6.36. The van der Waals surface area contributed by atoms with Gasteiger partial charge < -0.3 is 19.7 Å². The quantitative estimate of drug-likeness (QED) is 0.475. The SMILES string of the molecule is Fc1cnc(Nc2ccc(CN3CCOCC3)cc2)nc1-c1cc(N2CCOCC2)cc(C(F)(F)F)c1. The van der Waals surface area contributed by atoms with E-state index in [0.717, 1.165) is 56.7 Å². The fourth-order valence-corrected chi connectivity index (χ4v) is 4.39. The zero-order chi connectivity index (χ0) is 25.8. The first-order chi connectivity index (χ1) is 17.8. The molecule has 2 aliphatic rings. The topological polar surface area (TPSA) is 62.8 Å². The average Bonchev–Trinajstić information content (AvgIpc) is 2.91. The number of benzene rings is 2. The van der Waals surface area contributed by atoms with E-state index >= 15 is 0 Å². The third kappa shape index (κ3) is 6.35. The number of aromatic nitrogens is 2. The van der Waals surface area contributed by atoms with Crippen LogP contribution in [0.5, 0.6) is 0 Å². The van der Waals surface area contributed by atoms with Gasteiger partial charge in [-0.1, -0.05) is 12.1 Å². The Morgan fingerprint density at radius 2 is 1.57 bits per heavy atom. The van der Waals surface area contributed by atoms with Crippen LogP contribution in [0, 0.1) is 5.82 Å². The van der Waals surface area contributed by atoms with Crippen molar-refractivity contribution in [3.05, 3.63) is 65.6 Å². The van der Waals surface area contributed by atoms with Crippen molar-refractivity contribution in [1.82, 2.24) is 14.9 Å². The standard InChI is InChI=1S/C26H27F4N5O2/c27-23-16-31-25(32-21-3-1-18(2-4-21)17-34-5-9-36-10-6-34)33-24(23)19-13-20(26(28,29)30)15-22(14-19)35-7-11-37-12-8-35/h1-4,13-16H,5-12,17H2,(H,31,32,33). The van der Waals surface area contributed by atoms with Gasteiger partial charge in [-0.15, -0.1) is 0 Å². The lowest BCUT2D eigenvalue weighted by molar-refractivity contribution is -0.137. The largest absolute Gasteiger partial charge is 0.416 e. The smallest absolute Gasteiger partial charge is 0.379 e. The highest BCUT2D eigenvalue weighted by molar-refractivity contribution is 5.69. The van der Waals surface area contributed by atoms with E-state index in [9.17, 15) is 17.6 Å². The molecule has 1 N–H and O–H groups in total. The van der Waals surface area contributed by atoms with Crippen LogP contribution < -0.4 is 10.2 Å². The van der Waals surface area contributed by atoms with Gasteiger partial charge in [-0.25, -0.2) is 14.4 Å². The minimum Gasteiger partial charge on any atom is -0.379 e. The van der Waals surface area contributed by atoms with Crippen LogP contribution in [0.3, 0.4) is 0 Å². The molecule has 2 fully saturated rings. The number of hydrogen-bond donors (Lipinski definition) is 1. The van der Waals surface area contributed by atoms with E-state index in [1.165, 1.54) is 6.07 Å². The first-order valence-corrected chi connectivity index (χ1v) is 12.1. The van der Waals surface area contributed by atoms with Gasteiger partial charge in [0.05, 0.1) is 38.2 Å². The molecule has 0 unspecified atom stereocenters. The molecule has 2 aromatic carbocycles. The molecule has 2 aliphatic heterocycles. The van der Waals surface area contributed by atoms with E-state index in [2.05, 4.69) is 20.2 Å². The number of halogens is 4. The molecule has 37 heavy (non-hydrogen) atoms. The summed E-state index contributed by atoms with van der Waals surface area (Å²) in [4.78, 5) is 12.3. The summed E-state index contributed by atoms with van der Waals surface area (Å²) in [5.74, 6) is -0.721. The zero-order valence-electron chi connectivity index (χ0n) is 20.1. The lowest BCUT2D eigenvalue weighted by Gasteiger charge is -2.29. The number of morpholine rings is 2. The summed E-state index contributed by atoms with van der Waals surface area (Å²) in [5.41, 5.74) is 1.11. The second-order valence-electron chi connectivity index (χ2n) is 8.97. The maximum Gasteiger partial charge on any atom is 0.416 e. The molecule has 2 saturated heterocycles. The molecule has 3 aromatic rings. The Balaban J connectivity index is 1.38. The summed E-state index contributed by atoms with van der Waals surface area (Å²) in [7, 11) is 0. The van der Waals surface area contributed by atoms with Gasteiger partial charge in [0.2, 0.25) is 5.95 Å². The Kier molecular flexibility index (Phi) is 7.54. The van der Waals surface area contributed by atoms with Crippen molar-refractivity contribution >= 4 is 17.3 Å². The second kappa shape index (κ2) is 11.0. The second-order valence-corrected chi connectivity index (χ2v) is 8.97. The lowest BCUT2D eigenvalue weighted by Crippen LogP contribution is -2.36. The lowest BCUT2D eigenvalue weighted by atomic mass is 10.0. The predicted octanol–water partition coefficient (Wildman–Crippen LogP) is 4.71. The van der Waals surface area contributed by atoms with Crippen LogP contribution in [0.25, 0.3) is 11.3 Å². The van der Waals surface area contributed by atoms with E-state index < -0.39 is 17.6 Å². The summed E-state index contributed by atoms with van der Waals surface area (Å²) >= 11 is 0. The van der Waals surface area contributed by atoms with Gasteiger partial charge in [-0.05, 0) is 35.9 Å². The average molecular weight is 518 g/mol. The van der Waals surface area contributed by atoms with Gasteiger partial charge in [-0.2, -0.15) is 13.2 Å². The molecule has 0 saturated carbocycles. The van der Waals surface area contributed by atoms with E-state index in [0.29, 0.717) is 37.7 Å².